The first-order chi connectivity index (χ1) is 11.7. The van der Waals surface area contributed by atoms with Crippen molar-refractivity contribution < 1.29 is 22.4 Å². The Kier molecular flexibility index (Phi) is 4.74. The zero-order chi connectivity index (χ0) is 18.4. The number of benzene rings is 2. The lowest BCUT2D eigenvalue weighted by Crippen LogP contribution is -2.16. The number of hydrogen-bond acceptors (Lipinski definition) is 4. The fourth-order valence-corrected chi connectivity index (χ4v) is 4.66. The lowest BCUT2D eigenvalue weighted by molar-refractivity contribution is 0.318. The summed E-state index contributed by atoms with van der Waals surface area (Å²) < 4.78 is 54.4. The van der Waals surface area contributed by atoms with Crippen LogP contribution in [-0.2, 0) is 16.4 Å². The highest BCUT2D eigenvalue weighted by molar-refractivity contribution is 9.10. The summed E-state index contributed by atoms with van der Waals surface area (Å²) in [5.41, 5.74) is 0.767. The van der Waals surface area contributed by atoms with Gasteiger partial charge >= 0.3 is 0 Å². The van der Waals surface area contributed by atoms with Gasteiger partial charge in [0.15, 0.2) is 5.82 Å². The van der Waals surface area contributed by atoms with Crippen LogP contribution >= 0.6 is 27.5 Å². The lowest BCUT2D eigenvalue weighted by atomic mass is 10.1. The Balaban J connectivity index is 2.10. The van der Waals surface area contributed by atoms with Crippen molar-refractivity contribution in [2.24, 2.45) is 5.16 Å². The molecule has 0 unspecified atom stereocenters. The quantitative estimate of drug-likeness (QED) is 0.415. The van der Waals surface area contributed by atoms with Crippen molar-refractivity contribution in [1.82, 2.24) is 0 Å². The van der Waals surface area contributed by atoms with Crippen molar-refractivity contribution in [2.75, 3.05) is 4.72 Å². The number of halogens is 4. The van der Waals surface area contributed by atoms with E-state index in [1.807, 2.05) is 0 Å². The maximum atomic E-state index is 14.1. The molecule has 2 aromatic carbocycles. The Morgan fingerprint density at radius 3 is 2.64 bits per heavy atom. The summed E-state index contributed by atoms with van der Waals surface area (Å²) in [6.45, 7) is 0. The van der Waals surface area contributed by atoms with Gasteiger partial charge in [0.1, 0.15) is 5.82 Å². The van der Waals surface area contributed by atoms with Crippen LogP contribution in [0.2, 0.25) is 5.02 Å². The minimum Gasteiger partial charge on any atom is -0.411 e. The summed E-state index contributed by atoms with van der Waals surface area (Å²) in [4.78, 5) is -0.145. The molecule has 0 bridgehead atoms. The second kappa shape index (κ2) is 6.54. The van der Waals surface area contributed by atoms with E-state index in [1.165, 1.54) is 12.1 Å². The Morgan fingerprint density at radius 2 is 1.96 bits per heavy atom. The van der Waals surface area contributed by atoms with Crippen LogP contribution in [-0.4, -0.2) is 19.3 Å². The molecule has 0 radical (unpaired) electrons. The summed E-state index contributed by atoms with van der Waals surface area (Å²) in [5, 5.41) is 12.3. The highest BCUT2D eigenvalue weighted by Crippen LogP contribution is 2.34. The molecule has 1 aliphatic rings. The minimum absolute atomic E-state index is 0.128. The predicted molar refractivity (Wildman–Crippen MR) is 93.0 cm³/mol. The fourth-order valence-electron chi connectivity index (χ4n) is 2.65. The van der Waals surface area contributed by atoms with E-state index < -0.39 is 31.8 Å². The molecule has 0 heterocycles. The first kappa shape index (κ1) is 18.1. The summed E-state index contributed by atoms with van der Waals surface area (Å²) in [5.74, 6) is -1.92. The molecule has 0 fully saturated rings. The fraction of sp³-hybridized carbons (Fsp3) is 0.133. The highest BCUT2D eigenvalue weighted by atomic mass is 79.9. The number of anilines is 1. The summed E-state index contributed by atoms with van der Waals surface area (Å²) in [6.07, 6.45) is 0.683. The SMILES string of the molecule is O=S(=O)(Nc1ccc(F)c(Br)c1F)c1cc(Cl)cc2c1CC/C2=N\O. The second-order valence-corrected chi connectivity index (χ2v) is 8.19. The summed E-state index contributed by atoms with van der Waals surface area (Å²) in [6, 6.07) is 4.66. The summed E-state index contributed by atoms with van der Waals surface area (Å²) in [7, 11) is -4.20. The molecule has 0 amide bonds. The van der Waals surface area contributed by atoms with Gasteiger partial charge in [-0.05, 0) is 58.6 Å². The van der Waals surface area contributed by atoms with Crippen molar-refractivity contribution >= 4 is 49.0 Å². The number of nitrogens with one attached hydrogen (secondary N) is 1. The molecule has 3 rings (SSSR count). The van der Waals surface area contributed by atoms with E-state index in [0.29, 0.717) is 29.7 Å². The van der Waals surface area contributed by atoms with Crippen LogP contribution in [0.25, 0.3) is 0 Å². The molecule has 10 heteroatoms. The molecule has 2 aromatic rings. The van der Waals surface area contributed by atoms with Crippen molar-refractivity contribution in [2.45, 2.75) is 17.7 Å². The van der Waals surface area contributed by atoms with Crippen molar-refractivity contribution in [1.29, 1.82) is 0 Å². The third-order valence-corrected chi connectivity index (χ3v) is 6.16. The lowest BCUT2D eigenvalue weighted by Gasteiger charge is -2.13. The minimum atomic E-state index is -4.20. The van der Waals surface area contributed by atoms with Crippen LogP contribution in [0.3, 0.4) is 0 Å². The van der Waals surface area contributed by atoms with E-state index in [2.05, 4.69) is 25.8 Å². The molecule has 25 heavy (non-hydrogen) atoms. The van der Waals surface area contributed by atoms with Gasteiger partial charge in [0.25, 0.3) is 10.0 Å². The molecule has 132 valence electrons. The molecular weight excluding hydrogens is 442 g/mol. The van der Waals surface area contributed by atoms with Crippen LogP contribution in [0, 0.1) is 11.6 Å². The number of fused-ring (bicyclic) bond motifs is 1. The molecule has 0 saturated heterocycles. The predicted octanol–water partition coefficient (Wildman–Crippen LogP) is 4.31. The van der Waals surface area contributed by atoms with Crippen LogP contribution in [0.5, 0.6) is 0 Å². The average molecular weight is 452 g/mol. The Labute approximate surface area is 155 Å². The van der Waals surface area contributed by atoms with E-state index in [4.69, 9.17) is 16.8 Å². The normalized spacial score (nSPS) is 15.4. The molecule has 0 spiro atoms. The van der Waals surface area contributed by atoms with Crippen LogP contribution in [0.15, 0.2) is 38.8 Å². The standard InChI is InChI=1S/C15H10BrClF2N2O3S/c16-14-10(18)2-4-12(15(14)19)21-25(23,24)13-6-7(17)5-9-8(13)1-3-11(9)20-22/h2,4-6,21-22H,1,3H2/b20-11+. The highest BCUT2D eigenvalue weighted by Gasteiger charge is 2.29. The van der Waals surface area contributed by atoms with Gasteiger partial charge in [-0.2, -0.15) is 0 Å². The Bertz CT molecular complexity index is 1010. The second-order valence-electron chi connectivity index (χ2n) is 5.31. The van der Waals surface area contributed by atoms with Gasteiger partial charge in [0.05, 0.1) is 20.8 Å². The van der Waals surface area contributed by atoms with Gasteiger partial charge in [-0.1, -0.05) is 16.8 Å². The van der Waals surface area contributed by atoms with E-state index in [-0.39, 0.29) is 9.92 Å². The number of rotatable bonds is 3. The van der Waals surface area contributed by atoms with Gasteiger partial charge in [-0.15, -0.1) is 0 Å². The van der Waals surface area contributed by atoms with Gasteiger partial charge in [-0.3, -0.25) is 4.72 Å². The van der Waals surface area contributed by atoms with E-state index in [0.717, 1.165) is 12.1 Å². The molecule has 2 N–H and O–H groups in total. The number of oxime groups is 1. The van der Waals surface area contributed by atoms with Gasteiger partial charge in [-0.25, -0.2) is 17.2 Å². The average Bonchev–Trinajstić information content (AvgIpc) is 2.97. The molecule has 1 aliphatic carbocycles. The number of sulfonamides is 1. The van der Waals surface area contributed by atoms with Crippen molar-refractivity contribution in [3.63, 3.8) is 0 Å². The molecule has 0 aromatic heterocycles. The molecular formula is C15H10BrClF2N2O3S. The summed E-state index contributed by atoms with van der Waals surface area (Å²) >= 11 is 8.70. The molecule has 5 nitrogen and oxygen atoms in total. The molecule has 0 saturated carbocycles. The van der Waals surface area contributed by atoms with Gasteiger partial charge < -0.3 is 5.21 Å². The zero-order valence-corrected chi connectivity index (χ0v) is 15.5. The monoisotopic (exact) mass is 450 g/mol. The van der Waals surface area contributed by atoms with Crippen molar-refractivity contribution in [3.8, 4) is 0 Å². The van der Waals surface area contributed by atoms with Crippen LogP contribution in [0.4, 0.5) is 14.5 Å². The molecule has 0 aliphatic heterocycles. The maximum absolute atomic E-state index is 14.1. The third kappa shape index (κ3) is 3.23. The van der Waals surface area contributed by atoms with Gasteiger partial charge in [0, 0.05) is 10.6 Å². The van der Waals surface area contributed by atoms with E-state index >= 15 is 0 Å². The number of hydrogen-bond donors (Lipinski definition) is 2. The Morgan fingerprint density at radius 1 is 1.24 bits per heavy atom. The van der Waals surface area contributed by atoms with Crippen LogP contribution in [0.1, 0.15) is 17.5 Å². The van der Waals surface area contributed by atoms with E-state index in [9.17, 15) is 17.2 Å². The first-order valence-electron chi connectivity index (χ1n) is 6.94. The topological polar surface area (TPSA) is 78.8 Å². The largest absolute Gasteiger partial charge is 0.411 e. The van der Waals surface area contributed by atoms with E-state index in [1.54, 1.807) is 0 Å². The Hall–Kier alpha value is -1.71. The molecule has 0 atom stereocenters. The number of nitrogens with zero attached hydrogens (tertiary/aromatic N) is 1. The van der Waals surface area contributed by atoms with Crippen molar-refractivity contribution in [3.05, 3.63) is 56.5 Å². The smallest absolute Gasteiger partial charge is 0.262 e. The zero-order valence-electron chi connectivity index (χ0n) is 12.4. The van der Waals surface area contributed by atoms with Crippen LogP contribution < -0.4 is 4.72 Å². The van der Waals surface area contributed by atoms with Gasteiger partial charge in [0.2, 0.25) is 0 Å². The first-order valence-corrected chi connectivity index (χ1v) is 9.60. The maximum Gasteiger partial charge on any atom is 0.262 e. The third-order valence-electron chi connectivity index (χ3n) is 3.79.